The van der Waals surface area contributed by atoms with Gasteiger partial charge in [-0.3, -0.25) is 0 Å². The highest BCUT2D eigenvalue weighted by Gasteiger charge is 2.03. The Bertz CT molecular complexity index is 550. The van der Waals surface area contributed by atoms with Gasteiger partial charge in [-0.05, 0) is 29.8 Å². The van der Waals surface area contributed by atoms with Crippen molar-refractivity contribution in [1.29, 1.82) is 0 Å². The van der Waals surface area contributed by atoms with Crippen LogP contribution in [0.1, 0.15) is 5.56 Å². The maximum absolute atomic E-state index is 11.6. The van der Waals surface area contributed by atoms with Gasteiger partial charge in [-0.1, -0.05) is 30.3 Å². The summed E-state index contributed by atoms with van der Waals surface area (Å²) in [5.74, 6) is 0.535. The van der Waals surface area contributed by atoms with Crippen molar-refractivity contribution >= 4 is 11.8 Å². The van der Waals surface area contributed by atoms with Gasteiger partial charge in [0.15, 0.2) is 0 Å². The topological polar surface area (TPSA) is 41.6 Å². The molecule has 0 spiro atoms. The minimum atomic E-state index is -0.451. The fraction of sp³-hybridized carbons (Fsp3) is 0.188. The molecule has 20 heavy (non-hydrogen) atoms. The van der Waals surface area contributed by atoms with Crippen LogP contribution >= 0.6 is 0 Å². The smallest absolute Gasteiger partial charge is 0.410 e. The highest BCUT2D eigenvalue weighted by atomic mass is 16.5. The predicted molar refractivity (Wildman–Crippen MR) is 80.1 cm³/mol. The average Bonchev–Trinajstić information content (AvgIpc) is 2.46. The number of amides is 1. The Kier molecular flexibility index (Phi) is 4.60. The second kappa shape index (κ2) is 6.61. The van der Waals surface area contributed by atoms with Gasteiger partial charge in [-0.2, -0.15) is 0 Å². The van der Waals surface area contributed by atoms with E-state index in [1.165, 1.54) is 0 Å². The van der Waals surface area contributed by atoms with Crippen molar-refractivity contribution < 1.29 is 9.53 Å². The van der Waals surface area contributed by atoms with E-state index in [1.807, 2.05) is 61.5 Å². The largest absolute Gasteiger partial charge is 0.412 e. The van der Waals surface area contributed by atoms with Crippen molar-refractivity contribution in [3.63, 3.8) is 0 Å². The number of hydrogen-bond acceptors (Lipinski definition) is 3. The lowest BCUT2D eigenvalue weighted by atomic mass is 10.2. The lowest BCUT2D eigenvalue weighted by Gasteiger charge is -2.13. The molecule has 0 heterocycles. The molecule has 2 rings (SSSR count). The molecule has 0 bridgehead atoms. The Morgan fingerprint density at radius 2 is 1.70 bits per heavy atom. The molecule has 0 fully saturated rings. The molecule has 1 amide bonds. The first kappa shape index (κ1) is 13.9. The number of carbonyl (C=O) groups is 1. The summed E-state index contributed by atoms with van der Waals surface area (Å²) in [4.78, 5) is 13.6. The highest BCUT2D eigenvalue weighted by molar-refractivity contribution is 5.70. The summed E-state index contributed by atoms with van der Waals surface area (Å²) in [5, 5.41) is 2.72. The minimum absolute atomic E-state index is 0.444. The molecule has 0 radical (unpaired) electrons. The molecule has 104 valence electrons. The average molecular weight is 270 g/mol. The van der Waals surface area contributed by atoms with Crippen LogP contribution in [0.25, 0.3) is 0 Å². The predicted octanol–water partition coefficient (Wildman–Crippen LogP) is 3.04. The maximum atomic E-state index is 11.6. The fourth-order valence-corrected chi connectivity index (χ4v) is 1.72. The number of rotatable bonds is 4. The Labute approximate surface area is 119 Å². The molecule has 1 N–H and O–H groups in total. The summed E-state index contributed by atoms with van der Waals surface area (Å²) in [6, 6.07) is 17.0. The molecule has 2 aromatic rings. The van der Waals surface area contributed by atoms with E-state index in [0.717, 1.165) is 11.3 Å². The summed E-state index contributed by atoms with van der Waals surface area (Å²) in [5.41, 5.74) is 2.15. The van der Waals surface area contributed by atoms with Crippen molar-refractivity contribution in [2.75, 3.05) is 19.0 Å². The van der Waals surface area contributed by atoms with Gasteiger partial charge in [0.2, 0.25) is 0 Å². The van der Waals surface area contributed by atoms with Gasteiger partial charge in [-0.15, -0.1) is 0 Å². The van der Waals surface area contributed by atoms with E-state index < -0.39 is 6.09 Å². The van der Waals surface area contributed by atoms with Crippen LogP contribution in [0.2, 0.25) is 0 Å². The van der Waals surface area contributed by atoms with Crippen molar-refractivity contribution in [3.8, 4) is 5.75 Å². The molecule has 0 unspecified atom stereocenters. The third-order valence-electron chi connectivity index (χ3n) is 2.84. The summed E-state index contributed by atoms with van der Waals surface area (Å²) in [7, 11) is 3.98. The van der Waals surface area contributed by atoms with E-state index in [1.54, 1.807) is 12.1 Å². The monoisotopic (exact) mass is 270 g/mol. The SMILES string of the molecule is CN(C)c1ccc(CNC(=O)Oc2ccccc2)cc1. The number of carbonyl (C=O) groups excluding carboxylic acids is 1. The number of ether oxygens (including phenoxy) is 1. The third kappa shape index (κ3) is 4.02. The Morgan fingerprint density at radius 1 is 1.05 bits per heavy atom. The molecule has 0 aliphatic rings. The van der Waals surface area contributed by atoms with Crippen molar-refractivity contribution in [1.82, 2.24) is 5.32 Å². The van der Waals surface area contributed by atoms with Crippen LogP contribution in [0.5, 0.6) is 5.75 Å². The number of nitrogens with zero attached hydrogens (tertiary/aromatic N) is 1. The number of para-hydroxylation sites is 1. The molecule has 0 aliphatic carbocycles. The molecule has 0 aromatic heterocycles. The Balaban J connectivity index is 1.84. The van der Waals surface area contributed by atoms with Gasteiger partial charge in [-0.25, -0.2) is 4.79 Å². The van der Waals surface area contributed by atoms with Crippen molar-refractivity contribution in [3.05, 3.63) is 60.2 Å². The zero-order valence-electron chi connectivity index (χ0n) is 11.7. The number of benzene rings is 2. The molecule has 0 aliphatic heterocycles. The Morgan fingerprint density at radius 3 is 2.30 bits per heavy atom. The first-order chi connectivity index (χ1) is 9.65. The standard InChI is InChI=1S/C16H18N2O2/c1-18(2)14-10-8-13(9-11-14)12-17-16(19)20-15-6-4-3-5-7-15/h3-11H,12H2,1-2H3,(H,17,19). The van der Waals surface area contributed by atoms with Gasteiger partial charge in [0.1, 0.15) is 5.75 Å². The van der Waals surface area contributed by atoms with Gasteiger partial charge >= 0.3 is 6.09 Å². The van der Waals surface area contributed by atoms with Crippen molar-refractivity contribution in [2.24, 2.45) is 0 Å². The van der Waals surface area contributed by atoms with Gasteiger partial charge in [0.05, 0.1) is 0 Å². The summed E-state index contributed by atoms with van der Waals surface area (Å²) in [6.45, 7) is 0.444. The highest BCUT2D eigenvalue weighted by Crippen LogP contribution is 2.12. The van der Waals surface area contributed by atoms with Gasteiger partial charge in [0, 0.05) is 26.3 Å². The zero-order chi connectivity index (χ0) is 14.4. The van der Waals surface area contributed by atoms with Crippen LogP contribution in [0.15, 0.2) is 54.6 Å². The molecular weight excluding hydrogens is 252 g/mol. The first-order valence-corrected chi connectivity index (χ1v) is 6.42. The van der Waals surface area contributed by atoms with E-state index in [0.29, 0.717) is 12.3 Å². The van der Waals surface area contributed by atoms with E-state index >= 15 is 0 Å². The second-order valence-electron chi connectivity index (χ2n) is 4.62. The van der Waals surface area contributed by atoms with Crippen LogP contribution in [0.3, 0.4) is 0 Å². The lowest BCUT2D eigenvalue weighted by Crippen LogP contribution is -2.26. The zero-order valence-corrected chi connectivity index (χ0v) is 11.7. The van der Waals surface area contributed by atoms with E-state index in [9.17, 15) is 4.79 Å². The number of nitrogens with one attached hydrogen (secondary N) is 1. The van der Waals surface area contributed by atoms with E-state index in [4.69, 9.17) is 4.74 Å². The van der Waals surface area contributed by atoms with Gasteiger partial charge in [0.25, 0.3) is 0 Å². The van der Waals surface area contributed by atoms with E-state index in [-0.39, 0.29) is 0 Å². The minimum Gasteiger partial charge on any atom is -0.410 e. The normalized spacial score (nSPS) is 9.90. The summed E-state index contributed by atoms with van der Waals surface area (Å²) >= 11 is 0. The van der Waals surface area contributed by atoms with Crippen LogP contribution in [-0.2, 0) is 6.54 Å². The first-order valence-electron chi connectivity index (χ1n) is 6.42. The summed E-state index contributed by atoms with van der Waals surface area (Å²) < 4.78 is 5.14. The third-order valence-corrected chi connectivity index (χ3v) is 2.84. The second-order valence-corrected chi connectivity index (χ2v) is 4.62. The van der Waals surface area contributed by atoms with E-state index in [2.05, 4.69) is 5.32 Å². The Hall–Kier alpha value is -2.49. The molecule has 2 aromatic carbocycles. The van der Waals surface area contributed by atoms with Gasteiger partial charge < -0.3 is 15.0 Å². The van der Waals surface area contributed by atoms with Crippen LogP contribution in [0, 0.1) is 0 Å². The number of hydrogen-bond donors (Lipinski definition) is 1. The quantitative estimate of drug-likeness (QED) is 0.928. The lowest BCUT2D eigenvalue weighted by molar-refractivity contribution is 0.200. The fourth-order valence-electron chi connectivity index (χ4n) is 1.72. The molecule has 0 saturated heterocycles. The molecule has 0 saturated carbocycles. The van der Waals surface area contributed by atoms with Crippen molar-refractivity contribution in [2.45, 2.75) is 6.54 Å². The van der Waals surface area contributed by atoms with Crippen LogP contribution in [0.4, 0.5) is 10.5 Å². The maximum Gasteiger partial charge on any atom is 0.412 e. The molecule has 4 nitrogen and oxygen atoms in total. The van der Waals surface area contributed by atoms with Crippen LogP contribution in [-0.4, -0.2) is 20.2 Å². The number of anilines is 1. The van der Waals surface area contributed by atoms with Crippen LogP contribution < -0.4 is 15.0 Å². The molecule has 4 heteroatoms. The molecular formula is C16H18N2O2. The summed E-state index contributed by atoms with van der Waals surface area (Å²) in [6.07, 6.45) is -0.451. The molecule has 0 atom stereocenters.